The minimum Gasteiger partial charge on any atom is -0.493 e. The predicted molar refractivity (Wildman–Crippen MR) is 145 cm³/mol. The van der Waals surface area contributed by atoms with Crippen LogP contribution in [0.4, 0.5) is 23.7 Å². The zero-order chi connectivity index (χ0) is 27.1. The number of urea groups is 1. The predicted octanol–water partition coefficient (Wildman–Crippen LogP) is 8.80. The van der Waals surface area contributed by atoms with Crippen LogP contribution in [0.5, 0.6) is 5.75 Å². The van der Waals surface area contributed by atoms with Gasteiger partial charge in [0.1, 0.15) is 23.2 Å². The Hall–Kier alpha value is -3.48. The lowest BCUT2D eigenvalue weighted by Gasteiger charge is -2.32. The highest BCUT2D eigenvalue weighted by molar-refractivity contribution is 5.90. The lowest BCUT2D eigenvalue weighted by Crippen LogP contribution is -2.39. The third-order valence-electron chi connectivity index (χ3n) is 7.06. The summed E-state index contributed by atoms with van der Waals surface area (Å²) in [5.74, 6) is -1.08. The number of anilines is 1. The van der Waals surface area contributed by atoms with Gasteiger partial charge >= 0.3 is 6.03 Å². The fourth-order valence-electron chi connectivity index (χ4n) is 4.94. The molecule has 1 atom stereocenters. The molecule has 0 aliphatic carbocycles. The largest absolute Gasteiger partial charge is 0.493 e. The standard InChI is InChI=1S/C31H35F3N2O2/c1-3-4-5-6-7-16-36(31(37)35-28-15-12-24(32)20-27(28)34)29-9-8-17-38-30-19-23(10-13-25(29)30)22-11-14-26(33)21(2)18-22/h10-15,18-20,29H,3-9,16-17H2,1-2H3,(H,35,37). The van der Waals surface area contributed by atoms with Gasteiger partial charge in [-0.25, -0.2) is 18.0 Å². The Morgan fingerprint density at radius 1 is 0.947 bits per heavy atom. The summed E-state index contributed by atoms with van der Waals surface area (Å²) in [4.78, 5) is 15.3. The van der Waals surface area contributed by atoms with Gasteiger partial charge in [0.2, 0.25) is 0 Å². The quantitative estimate of drug-likeness (QED) is 0.284. The first-order valence-corrected chi connectivity index (χ1v) is 13.4. The molecule has 1 N–H and O–H groups in total. The van der Waals surface area contributed by atoms with Crippen LogP contribution in [0.3, 0.4) is 0 Å². The molecule has 0 aromatic heterocycles. The van der Waals surface area contributed by atoms with Crippen molar-refractivity contribution in [3.63, 3.8) is 0 Å². The van der Waals surface area contributed by atoms with E-state index in [-0.39, 0.29) is 17.5 Å². The van der Waals surface area contributed by atoms with E-state index in [2.05, 4.69) is 12.2 Å². The molecule has 3 aromatic rings. The number of nitrogens with zero attached hydrogens (tertiary/aromatic N) is 1. The van der Waals surface area contributed by atoms with Crippen molar-refractivity contribution in [3.8, 4) is 16.9 Å². The molecule has 202 valence electrons. The molecule has 0 spiro atoms. The van der Waals surface area contributed by atoms with E-state index in [1.165, 1.54) is 12.1 Å². The average Bonchev–Trinajstić information content (AvgIpc) is 3.11. The number of unbranched alkanes of at least 4 members (excludes halogenated alkanes) is 4. The highest BCUT2D eigenvalue weighted by atomic mass is 19.1. The van der Waals surface area contributed by atoms with Crippen LogP contribution < -0.4 is 10.1 Å². The fourth-order valence-corrected chi connectivity index (χ4v) is 4.94. The number of carbonyl (C=O) groups is 1. The van der Waals surface area contributed by atoms with Crippen molar-refractivity contribution in [2.24, 2.45) is 0 Å². The fraction of sp³-hybridized carbons (Fsp3) is 0.387. The van der Waals surface area contributed by atoms with Crippen molar-refractivity contribution < 1.29 is 22.7 Å². The molecule has 0 bridgehead atoms. The normalized spacial score (nSPS) is 14.8. The van der Waals surface area contributed by atoms with E-state index in [1.807, 2.05) is 18.2 Å². The maximum atomic E-state index is 14.4. The van der Waals surface area contributed by atoms with Crippen molar-refractivity contribution in [3.05, 3.63) is 83.2 Å². The second-order valence-electron chi connectivity index (χ2n) is 9.88. The van der Waals surface area contributed by atoms with Gasteiger partial charge in [-0.05, 0) is 73.2 Å². The van der Waals surface area contributed by atoms with E-state index in [1.54, 1.807) is 24.0 Å². The number of ether oxygens (including phenoxy) is 1. The molecule has 3 aromatic carbocycles. The Morgan fingerprint density at radius 2 is 1.71 bits per heavy atom. The number of rotatable bonds is 9. The summed E-state index contributed by atoms with van der Waals surface area (Å²) in [5.41, 5.74) is 3.17. The van der Waals surface area contributed by atoms with Gasteiger partial charge < -0.3 is 15.0 Å². The van der Waals surface area contributed by atoms with Crippen molar-refractivity contribution in [1.29, 1.82) is 0 Å². The first-order valence-electron chi connectivity index (χ1n) is 13.4. The summed E-state index contributed by atoms with van der Waals surface area (Å²) in [7, 11) is 0. The van der Waals surface area contributed by atoms with E-state index in [0.29, 0.717) is 30.9 Å². The van der Waals surface area contributed by atoms with Gasteiger partial charge in [0.05, 0.1) is 18.3 Å². The number of carbonyl (C=O) groups excluding carboxylic acids is 1. The molecule has 1 aliphatic rings. The zero-order valence-corrected chi connectivity index (χ0v) is 22.0. The molecule has 2 amide bonds. The van der Waals surface area contributed by atoms with Crippen LogP contribution in [0.2, 0.25) is 0 Å². The number of benzene rings is 3. The second-order valence-corrected chi connectivity index (χ2v) is 9.88. The number of hydrogen-bond acceptors (Lipinski definition) is 2. The van der Waals surface area contributed by atoms with E-state index >= 15 is 0 Å². The first-order chi connectivity index (χ1) is 18.4. The van der Waals surface area contributed by atoms with Crippen LogP contribution >= 0.6 is 0 Å². The van der Waals surface area contributed by atoms with Crippen LogP contribution in [0.25, 0.3) is 11.1 Å². The second kappa shape index (κ2) is 12.9. The molecule has 0 saturated carbocycles. The molecular formula is C31H35F3N2O2. The minimum absolute atomic E-state index is 0.0560. The zero-order valence-electron chi connectivity index (χ0n) is 22.0. The summed E-state index contributed by atoms with van der Waals surface area (Å²) < 4.78 is 47.7. The van der Waals surface area contributed by atoms with Crippen LogP contribution in [-0.2, 0) is 0 Å². The highest BCUT2D eigenvalue weighted by Gasteiger charge is 2.30. The molecule has 0 fully saturated rings. The summed E-state index contributed by atoms with van der Waals surface area (Å²) >= 11 is 0. The Balaban J connectivity index is 1.63. The molecule has 0 saturated heterocycles. The molecule has 0 radical (unpaired) electrons. The number of amides is 2. The van der Waals surface area contributed by atoms with Crippen molar-refractivity contribution in [2.45, 2.75) is 64.8 Å². The molecule has 1 unspecified atom stereocenters. The lowest BCUT2D eigenvalue weighted by molar-refractivity contribution is 0.181. The van der Waals surface area contributed by atoms with E-state index in [9.17, 15) is 18.0 Å². The Bertz CT molecular complexity index is 1260. The number of fused-ring (bicyclic) bond motifs is 1. The smallest absolute Gasteiger partial charge is 0.322 e. The topological polar surface area (TPSA) is 41.6 Å². The number of nitrogens with one attached hydrogen (secondary N) is 1. The van der Waals surface area contributed by atoms with Crippen LogP contribution in [-0.4, -0.2) is 24.1 Å². The van der Waals surface area contributed by atoms with Gasteiger partial charge in [0.25, 0.3) is 0 Å². The van der Waals surface area contributed by atoms with Crippen molar-refractivity contribution in [2.75, 3.05) is 18.5 Å². The maximum absolute atomic E-state index is 14.4. The number of halogens is 3. The van der Waals surface area contributed by atoms with Crippen molar-refractivity contribution >= 4 is 11.7 Å². The maximum Gasteiger partial charge on any atom is 0.322 e. The van der Waals surface area contributed by atoms with Crippen LogP contribution in [0.15, 0.2) is 54.6 Å². The van der Waals surface area contributed by atoms with Gasteiger partial charge in [-0.1, -0.05) is 50.8 Å². The summed E-state index contributed by atoms with van der Waals surface area (Å²) in [5, 5.41) is 2.66. The monoisotopic (exact) mass is 524 g/mol. The van der Waals surface area contributed by atoms with Crippen LogP contribution in [0.1, 0.15) is 69.0 Å². The van der Waals surface area contributed by atoms with Gasteiger partial charge in [-0.15, -0.1) is 0 Å². The number of aryl methyl sites for hydroxylation is 1. The van der Waals surface area contributed by atoms with E-state index < -0.39 is 17.7 Å². The van der Waals surface area contributed by atoms with Crippen LogP contribution in [0, 0.1) is 24.4 Å². The third-order valence-corrected chi connectivity index (χ3v) is 7.06. The lowest BCUT2D eigenvalue weighted by atomic mass is 9.96. The molecule has 4 rings (SSSR count). The summed E-state index contributed by atoms with van der Waals surface area (Å²) in [6.45, 7) is 4.89. The van der Waals surface area contributed by atoms with Gasteiger partial charge in [-0.2, -0.15) is 0 Å². The third kappa shape index (κ3) is 6.69. The molecule has 4 nitrogen and oxygen atoms in total. The molecule has 7 heteroatoms. The number of hydrogen-bond donors (Lipinski definition) is 1. The minimum atomic E-state index is -0.815. The summed E-state index contributed by atoms with van der Waals surface area (Å²) in [6, 6.07) is 13.3. The Morgan fingerprint density at radius 3 is 2.47 bits per heavy atom. The molecular weight excluding hydrogens is 489 g/mol. The van der Waals surface area contributed by atoms with E-state index in [0.717, 1.165) is 67.3 Å². The average molecular weight is 525 g/mol. The Labute approximate surface area is 222 Å². The van der Waals surface area contributed by atoms with Gasteiger partial charge in [0, 0.05) is 18.2 Å². The first kappa shape index (κ1) is 27.6. The van der Waals surface area contributed by atoms with Gasteiger partial charge in [0.15, 0.2) is 0 Å². The summed E-state index contributed by atoms with van der Waals surface area (Å²) in [6.07, 6.45) is 6.59. The molecule has 1 aliphatic heterocycles. The van der Waals surface area contributed by atoms with E-state index in [4.69, 9.17) is 4.74 Å². The Kier molecular flexibility index (Phi) is 9.32. The van der Waals surface area contributed by atoms with Gasteiger partial charge in [-0.3, -0.25) is 0 Å². The molecule has 38 heavy (non-hydrogen) atoms. The molecule has 1 heterocycles. The SMILES string of the molecule is CCCCCCCN(C(=O)Nc1ccc(F)cc1F)C1CCCOc2cc(-c3ccc(F)c(C)c3)ccc21. The van der Waals surface area contributed by atoms with Crippen molar-refractivity contribution in [1.82, 2.24) is 4.90 Å². The highest BCUT2D eigenvalue weighted by Crippen LogP contribution is 2.39.